The molecule has 0 radical (unpaired) electrons. The molecule has 0 aromatic carbocycles. The van der Waals surface area contributed by atoms with Crippen molar-refractivity contribution in [2.24, 2.45) is 17.6 Å². The summed E-state index contributed by atoms with van der Waals surface area (Å²) in [5.41, 5.74) is 5.88. The van der Waals surface area contributed by atoms with Crippen LogP contribution in [0, 0.1) is 11.8 Å². The maximum Gasteiger partial charge on any atom is 0.237 e. The number of rotatable bonds is 6. The van der Waals surface area contributed by atoms with E-state index in [1.54, 1.807) is 0 Å². The first kappa shape index (κ1) is 14.5. The molecule has 4 nitrogen and oxygen atoms in total. The van der Waals surface area contributed by atoms with Crippen LogP contribution in [-0.2, 0) is 9.53 Å². The molecule has 17 heavy (non-hydrogen) atoms. The summed E-state index contributed by atoms with van der Waals surface area (Å²) in [5.74, 6) is 0.658. The van der Waals surface area contributed by atoms with E-state index in [9.17, 15) is 4.79 Å². The van der Waals surface area contributed by atoms with Gasteiger partial charge in [-0.3, -0.25) is 4.79 Å². The van der Waals surface area contributed by atoms with Gasteiger partial charge in [-0.25, -0.2) is 0 Å². The van der Waals surface area contributed by atoms with Crippen LogP contribution in [0.5, 0.6) is 0 Å². The Balaban J connectivity index is 2.32. The number of carbonyl (C=O) groups excluding carboxylic acids is 1. The van der Waals surface area contributed by atoms with Crippen molar-refractivity contribution in [2.75, 3.05) is 13.2 Å². The van der Waals surface area contributed by atoms with E-state index in [0.717, 1.165) is 25.9 Å². The van der Waals surface area contributed by atoms with E-state index in [1.807, 2.05) is 6.92 Å². The van der Waals surface area contributed by atoms with Gasteiger partial charge in [-0.15, -0.1) is 0 Å². The van der Waals surface area contributed by atoms with Crippen molar-refractivity contribution in [1.29, 1.82) is 0 Å². The third-order valence-electron chi connectivity index (χ3n) is 3.85. The fourth-order valence-electron chi connectivity index (χ4n) is 2.24. The van der Waals surface area contributed by atoms with E-state index in [-0.39, 0.29) is 17.9 Å². The summed E-state index contributed by atoms with van der Waals surface area (Å²) in [6.07, 6.45) is 3.28. The first-order valence-electron chi connectivity index (χ1n) is 6.75. The summed E-state index contributed by atoms with van der Waals surface area (Å²) < 4.78 is 5.59. The molecule has 4 atom stereocenters. The molecule has 1 fully saturated rings. The second kappa shape index (κ2) is 6.97. The third kappa shape index (κ3) is 3.96. The van der Waals surface area contributed by atoms with Crippen molar-refractivity contribution < 1.29 is 9.53 Å². The van der Waals surface area contributed by atoms with Crippen molar-refractivity contribution in [3.05, 3.63) is 0 Å². The van der Waals surface area contributed by atoms with Crippen LogP contribution in [0.15, 0.2) is 0 Å². The molecule has 0 aromatic heterocycles. The minimum Gasteiger partial charge on any atom is -0.378 e. The molecule has 2 unspecified atom stereocenters. The maximum atomic E-state index is 11.8. The lowest BCUT2D eigenvalue weighted by Crippen LogP contribution is -2.46. The number of hydrogen-bond acceptors (Lipinski definition) is 3. The average Bonchev–Trinajstić information content (AvgIpc) is 2.81. The molecule has 0 saturated carbocycles. The Morgan fingerprint density at radius 3 is 2.82 bits per heavy atom. The van der Waals surface area contributed by atoms with Crippen molar-refractivity contribution in [3.63, 3.8) is 0 Å². The van der Waals surface area contributed by atoms with E-state index in [2.05, 4.69) is 19.2 Å². The van der Waals surface area contributed by atoms with Crippen molar-refractivity contribution in [1.82, 2.24) is 5.32 Å². The summed E-state index contributed by atoms with van der Waals surface area (Å²) >= 11 is 0. The summed E-state index contributed by atoms with van der Waals surface area (Å²) in [6, 6.07) is -0.387. The molecule has 100 valence electrons. The number of carbonyl (C=O) groups is 1. The Labute approximate surface area is 104 Å². The Morgan fingerprint density at radius 1 is 1.53 bits per heavy atom. The van der Waals surface area contributed by atoms with E-state index in [0.29, 0.717) is 18.6 Å². The highest BCUT2D eigenvalue weighted by Crippen LogP contribution is 2.22. The summed E-state index contributed by atoms with van der Waals surface area (Å²) in [6.45, 7) is 7.70. The smallest absolute Gasteiger partial charge is 0.237 e. The van der Waals surface area contributed by atoms with Gasteiger partial charge < -0.3 is 15.8 Å². The minimum atomic E-state index is -0.387. The molecule has 3 N–H and O–H groups in total. The Morgan fingerprint density at radius 2 is 2.24 bits per heavy atom. The lowest BCUT2D eigenvalue weighted by atomic mass is 9.97. The van der Waals surface area contributed by atoms with Gasteiger partial charge in [-0.1, -0.05) is 27.2 Å². The fourth-order valence-corrected chi connectivity index (χ4v) is 2.24. The van der Waals surface area contributed by atoms with Crippen LogP contribution in [0.25, 0.3) is 0 Å². The van der Waals surface area contributed by atoms with Gasteiger partial charge in [-0.05, 0) is 18.8 Å². The summed E-state index contributed by atoms with van der Waals surface area (Å²) in [4.78, 5) is 11.8. The van der Waals surface area contributed by atoms with Gasteiger partial charge in [0.1, 0.15) is 0 Å². The highest BCUT2D eigenvalue weighted by atomic mass is 16.5. The molecule has 4 heteroatoms. The van der Waals surface area contributed by atoms with Gasteiger partial charge in [0.25, 0.3) is 0 Å². The van der Waals surface area contributed by atoms with Crippen LogP contribution in [0.1, 0.15) is 40.0 Å². The topological polar surface area (TPSA) is 64.3 Å². The van der Waals surface area contributed by atoms with E-state index in [4.69, 9.17) is 10.5 Å². The molecule has 0 bridgehead atoms. The minimum absolute atomic E-state index is 0.0268. The van der Waals surface area contributed by atoms with Gasteiger partial charge in [0, 0.05) is 19.1 Å². The lowest BCUT2D eigenvalue weighted by Gasteiger charge is -2.21. The number of nitrogens with one attached hydrogen (secondary N) is 1. The molecule has 1 aliphatic rings. The van der Waals surface area contributed by atoms with Crippen LogP contribution < -0.4 is 11.1 Å². The van der Waals surface area contributed by atoms with Gasteiger partial charge in [0.15, 0.2) is 0 Å². The van der Waals surface area contributed by atoms with Crippen molar-refractivity contribution in [3.8, 4) is 0 Å². The molecular formula is C13H26N2O2. The van der Waals surface area contributed by atoms with Crippen LogP contribution in [0.3, 0.4) is 0 Å². The maximum absolute atomic E-state index is 11.8. The van der Waals surface area contributed by atoms with Gasteiger partial charge in [0.05, 0.1) is 12.1 Å². The number of nitrogens with two attached hydrogens (primary N) is 1. The van der Waals surface area contributed by atoms with Crippen molar-refractivity contribution in [2.45, 2.75) is 52.2 Å². The SMILES string of the molecule is CCC1OCCC1CNC(=O)[C@@H](N)[C@@H](C)CC. The summed E-state index contributed by atoms with van der Waals surface area (Å²) in [7, 11) is 0. The highest BCUT2D eigenvalue weighted by molar-refractivity contribution is 5.81. The van der Waals surface area contributed by atoms with Crippen LogP contribution >= 0.6 is 0 Å². The fraction of sp³-hybridized carbons (Fsp3) is 0.923. The lowest BCUT2D eigenvalue weighted by molar-refractivity contribution is -0.123. The zero-order valence-electron chi connectivity index (χ0n) is 11.2. The molecule has 1 aliphatic heterocycles. The first-order chi connectivity index (χ1) is 8.10. The number of amides is 1. The third-order valence-corrected chi connectivity index (χ3v) is 3.85. The van der Waals surface area contributed by atoms with Gasteiger partial charge in [0.2, 0.25) is 5.91 Å². The van der Waals surface area contributed by atoms with Crippen LogP contribution in [0.4, 0.5) is 0 Å². The molecule has 0 spiro atoms. The highest BCUT2D eigenvalue weighted by Gasteiger charge is 2.28. The Bertz CT molecular complexity index is 246. The second-order valence-electron chi connectivity index (χ2n) is 5.02. The Kier molecular flexibility index (Phi) is 5.92. The van der Waals surface area contributed by atoms with Gasteiger partial charge >= 0.3 is 0 Å². The predicted octanol–water partition coefficient (Wildman–Crippen LogP) is 1.29. The first-order valence-corrected chi connectivity index (χ1v) is 6.75. The quantitative estimate of drug-likeness (QED) is 0.737. The number of hydrogen-bond donors (Lipinski definition) is 2. The average molecular weight is 242 g/mol. The molecule has 0 aromatic rings. The largest absolute Gasteiger partial charge is 0.378 e. The van der Waals surface area contributed by atoms with Crippen LogP contribution in [0.2, 0.25) is 0 Å². The summed E-state index contributed by atoms with van der Waals surface area (Å²) in [5, 5.41) is 2.96. The molecule has 1 amide bonds. The molecule has 1 saturated heterocycles. The normalized spacial score (nSPS) is 27.8. The van der Waals surface area contributed by atoms with E-state index >= 15 is 0 Å². The van der Waals surface area contributed by atoms with E-state index in [1.165, 1.54) is 0 Å². The van der Waals surface area contributed by atoms with Gasteiger partial charge in [-0.2, -0.15) is 0 Å². The van der Waals surface area contributed by atoms with Crippen LogP contribution in [-0.4, -0.2) is 31.2 Å². The predicted molar refractivity (Wildman–Crippen MR) is 68.6 cm³/mol. The van der Waals surface area contributed by atoms with E-state index < -0.39 is 0 Å². The zero-order valence-corrected chi connectivity index (χ0v) is 11.2. The number of ether oxygens (including phenoxy) is 1. The van der Waals surface area contributed by atoms with Crippen molar-refractivity contribution >= 4 is 5.91 Å². The molecule has 1 rings (SSSR count). The Hall–Kier alpha value is -0.610. The molecule has 1 heterocycles. The zero-order chi connectivity index (χ0) is 12.8. The standard InChI is InChI=1S/C13H26N2O2/c1-4-9(3)12(14)13(16)15-8-10-6-7-17-11(10)5-2/h9-12H,4-8,14H2,1-3H3,(H,15,16)/t9-,10?,11?,12-/m0/s1. The molecule has 0 aliphatic carbocycles. The second-order valence-corrected chi connectivity index (χ2v) is 5.02. The monoisotopic (exact) mass is 242 g/mol. The molecular weight excluding hydrogens is 216 g/mol.